The van der Waals surface area contributed by atoms with Gasteiger partial charge in [-0.25, -0.2) is 4.79 Å². The highest BCUT2D eigenvalue weighted by Gasteiger charge is 2.25. The Kier molecular flexibility index (Phi) is 5.78. The number of rotatable bonds is 4. The molecule has 158 valence electrons. The molecule has 0 radical (unpaired) electrons. The fourth-order valence-corrected chi connectivity index (χ4v) is 3.97. The van der Waals surface area contributed by atoms with Crippen molar-refractivity contribution in [3.05, 3.63) is 57.0 Å². The minimum Gasteiger partial charge on any atom is -0.506 e. The Balaban J connectivity index is 0.00000256. The molecular weight excluding hydrogens is 406 g/mol. The average molecular weight is 430 g/mol. The first kappa shape index (κ1) is 21.7. The summed E-state index contributed by atoms with van der Waals surface area (Å²) in [5, 5.41) is 20.8. The third kappa shape index (κ3) is 3.30. The highest BCUT2D eigenvalue weighted by atomic mass is 35.5. The van der Waals surface area contributed by atoms with E-state index in [-0.39, 0.29) is 12.4 Å². The third-order valence-electron chi connectivity index (χ3n) is 5.72. The molecule has 0 bridgehead atoms. The molecule has 0 atom stereocenters. The maximum absolute atomic E-state index is 12.3. The second-order valence-corrected chi connectivity index (χ2v) is 7.43. The summed E-state index contributed by atoms with van der Waals surface area (Å²) in [5.41, 5.74) is 3.42. The molecule has 3 N–H and O–H groups in total. The number of aromatic carboxylic acids is 1. The maximum atomic E-state index is 12.3. The van der Waals surface area contributed by atoms with E-state index in [1.807, 2.05) is 31.3 Å². The molecule has 0 unspecified atom stereocenters. The lowest BCUT2D eigenvalue weighted by molar-refractivity contribution is 0.0691. The van der Waals surface area contributed by atoms with Crippen LogP contribution in [-0.4, -0.2) is 44.2 Å². The van der Waals surface area contributed by atoms with E-state index in [2.05, 4.69) is 34.5 Å². The number of hydrogen-bond donors (Lipinski definition) is 3. The number of aromatic hydroxyl groups is 1. The molecule has 0 saturated heterocycles. The van der Waals surface area contributed by atoms with E-state index in [0.717, 1.165) is 35.1 Å². The Bertz CT molecular complexity index is 1240. The van der Waals surface area contributed by atoms with Gasteiger partial charge in [-0.2, -0.15) is 0 Å². The van der Waals surface area contributed by atoms with E-state index in [4.69, 9.17) is 0 Å². The molecule has 4 rings (SSSR count). The van der Waals surface area contributed by atoms with Crippen LogP contribution in [0.25, 0.3) is 28.2 Å². The molecule has 30 heavy (non-hydrogen) atoms. The number of aryl methyl sites for hydroxylation is 1. The smallest absolute Gasteiger partial charge is 0.345 e. The van der Waals surface area contributed by atoms with Gasteiger partial charge in [0.1, 0.15) is 5.75 Å². The number of nitrogens with one attached hydrogen (secondary N) is 1. The molecular formula is C22H24ClN3O4. The van der Waals surface area contributed by atoms with E-state index in [1.165, 1.54) is 5.69 Å². The molecule has 0 spiro atoms. The van der Waals surface area contributed by atoms with Gasteiger partial charge in [0.05, 0.1) is 5.69 Å². The van der Waals surface area contributed by atoms with Crippen molar-refractivity contribution in [2.45, 2.75) is 19.9 Å². The van der Waals surface area contributed by atoms with Crippen molar-refractivity contribution in [2.24, 2.45) is 7.05 Å². The quantitative estimate of drug-likeness (QED) is 0.590. The number of allylic oxidation sites excluding steroid dienone is 1. The van der Waals surface area contributed by atoms with Crippen molar-refractivity contribution in [3.8, 4) is 17.0 Å². The monoisotopic (exact) mass is 429 g/mol. The number of carbonyl (C=O) groups is 1. The van der Waals surface area contributed by atoms with Crippen molar-refractivity contribution < 1.29 is 15.0 Å². The second kappa shape index (κ2) is 8.01. The summed E-state index contributed by atoms with van der Waals surface area (Å²) in [6.45, 7) is 3.87. The number of aromatic amines is 1. The van der Waals surface area contributed by atoms with Crippen LogP contribution in [0.2, 0.25) is 0 Å². The van der Waals surface area contributed by atoms with Crippen LogP contribution >= 0.6 is 12.4 Å². The van der Waals surface area contributed by atoms with Crippen molar-refractivity contribution >= 4 is 35.4 Å². The number of hydrogen-bond acceptors (Lipinski definition) is 4. The van der Waals surface area contributed by atoms with Gasteiger partial charge in [-0.1, -0.05) is 25.1 Å². The zero-order valence-corrected chi connectivity index (χ0v) is 17.8. The van der Waals surface area contributed by atoms with E-state index in [0.29, 0.717) is 17.7 Å². The molecule has 7 nitrogen and oxygen atoms in total. The minimum absolute atomic E-state index is 0. The summed E-state index contributed by atoms with van der Waals surface area (Å²) in [6, 6.07) is 6.06. The van der Waals surface area contributed by atoms with E-state index >= 15 is 0 Å². The third-order valence-corrected chi connectivity index (χ3v) is 5.72. The Morgan fingerprint density at radius 2 is 2.07 bits per heavy atom. The van der Waals surface area contributed by atoms with Crippen LogP contribution in [0.5, 0.6) is 5.75 Å². The molecule has 0 aliphatic heterocycles. The fourth-order valence-electron chi connectivity index (χ4n) is 3.97. The molecule has 0 fully saturated rings. The number of pyridine rings is 1. The van der Waals surface area contributed by atoms with Crippen LogP contribution in [0.4, 0.5) is 0 Å². The zero-order valence-electron chi connectivity index (χ0n) is 17.0. The summed E-state index contributed by atoms with van der Waals surface area (Å²) in [7, 11) is 4.11. The van der Waals surface area contributed by atoms with Crippen molar-refractivity contribution in [1.82, 2.24) is 14.5 Å². The van der Waals surface area contributed by atoms with Crippen LogP contribution < -0.4 is 5.56 Å². The second-order valence-electron chi connectivity index (χ2n) is 7.43. The van der Waals surface area contributed by atoms with Crippen LogP contribution in [0.1, 0.15) is 34.1 Å². The molecule has 2 heterocycles. The number of nitrogens with zero attached hydrogens (tertiary/aromatic N) is 2. The van der Waals surface area contributed by atoms with Gasteiger partial charge in [0, 0.05) is 41.3 Å². The zero-order chi connectivity index (χ0) is 20.9. The summed E-state index contributed by atoms with van der Waals surface area (Å²) < 4.78 is 2.16. The molecule has 3 aromatic rings. The number of aromatic nitrogens is 2. The SMILES string of the molecule is CCN(C)Cc1cc2c3c(ccc2n1C)-c1[nH]c(=O)c(C(=O)O)c(O)c1CC=C3.Cl. The number of benzene rings is 1. The first-order chi connectivity index (χ1) is 13.8. The number of carboxylic acid groups (broad SMARTS) is 1. The van der Waals surface area contributed by atoms with E-state index in [9.17, 15) is 19.8 Å². The number of H-pyrrole nitrogens is 1. The molecule has 1 aliphatic carbocycles. The fraction of sp³-hybridized carbons (Fsp3) is 0.273. The molecule has 1 aliphatic rings. The molecule has 0 amide bonds. The lowest BCUT2D eigenvalue weighted by Gasteiger charge is -2.14. The summed E-state index contributed by atoms with van der Waals surface area (Å²) in [6.07, 6.45) is 4.19. The standard InChI is InChI=1S/C22H23N3O4.ClH/c1-4-24(2)11-12-10-16-13-6-5-7-15-19(14(13)8-9-17(16)25(12)3)23-21(27)18(20(15)26)22(28)29;/h5-6,8-10H,4,7,11H2,1-3H3,(H,28,29)(H2,23,26,27);1H. The van der Waals surface area contributed by atoms with Crippen LogP contribution in [0.15, 0.2) is 29.1 Å². The van der Waals surface area contributed by atoms with Gasteiger partial charge in [-0.3, -0.25) is 4.79 Å². The molecule has 2 aromatic heterocycles. The number of carboxylic acids is 1. The largest absolute Gasteiger partial charge is 0.506 e. The van der Waals surface area contributed by atoms with Crippen LogP contribution in [0.3, 0.4) is 0 Å². The van der Waals surface area contributed by atoms with Gasteiger partial charge < -0.3 is 24.7 Å². The predicted molar refractivity (Wildman–Crippen MR) is 120 cm³/mol. The van der Waals surface area contributed by atoms with E-state index in [1.54, 1.807) is 0 Å². The van der Waals surface area contributed by atoms with Crippen molar-refractivity contribution in [1.29, 1.82) is 0 Å². The summed E-state index contributed by atoms with van der Waals surface area (Å²) in [5.74, 6) is -1.91. The maximum Gasteiger partial charge on any atom is 0.345 e. The lowest BCUT2D eigenvalue weighted by Crippen LogP contribution is -2.20. The Labute approximate surface area is 179 Å². The van der Waals surface area contributed by atoms with Gasteiger partial charge in [0.25, 0.3) is 5.56 Å². The highest BCUT2D eigenvalue weighted by Crippen LogP contribution is 2.38. The Morgan fingerprint density at radius 1 is 1.33 bits per heavy atom. The van der Waals surface area contributed by atoms with Gasteiger partial charge >= 0.3 is 5.97 Å². The van der Waals surface area contributed by atoms with Crippen molar-refractivity contribution in [3.63, 3.8) is 0 Å². The topological polar surface area (TPSA) is 98.6 Å². The van der Waals surface area contributed by atoms with Crippen LogP contribution in [0, 0.1) is 0 Å². The Hall–Kier alpha value is -3.03. The first-order valence-electron chi connectivity index (χ1n) is 9.51. The Morgan fingerprint density at radius 3 is 2.73 bits per heavy atom. The van der Waals surface area contributed by atoms with Gasteiger partial charge in [0.2, 0.25) is 0 Å². The van der Waals surface area contributed by atoms with Gasteiger partial charge in [0.15, 0.2) is 5.56 Å². The van der Waals surface area contributed by atoms with Gasteiger partial charge in [-0.15, -0.1) is 12.4 Å². The lowest BCUT2D eigenvalue weighted by atomic mass is 9.97. The molecule has 8 heteroatoms. The number of halogens is 1. The van der Waals surface area contributed by atoms with E-state index < -0.39 is 22.8 Å². The highest BCUT2D eigenvalue weighted by molar-refractivity contribution is 5.99. The summed E-state index contributed by atoms with van der Waals surface area (Å²) >= 11 is 0. The van der Waals surface area contributed by atoms with Crippen molar-refractivity contribution in [2.75, 3.05) is 13.6 Å². The minimum atomic E-state index is -1.44. The normalized spacial score (nSPS) is 12.4. The number of fused-ring (bicyclic) bond motifs is 5. The summed E-state index contributed by atoms with van der Waals surface area (Å²) in [4.78, 5) is 28.6. The first-order valence-corrected chi connectivity index (χ1v) is 9.51. The predicted octanol–water partition coefficient (Wildman–Crippen LogP) is 3.38. The molecule has 0 saturated carbocycles. The molecule has 1 aromatic carbocycles. The average Bonchev–Trinajstić information content (AvgIpc) is 2.86. The van der Waals surface area contributed by atoms with Gasteiger partial charge in [-0.05, 0) is 37.7 Å². The van der Waals surface area contributed by atoms with Crippen LogP contribution in [-0.2, 0) is 20.0 Å².